The summed E-state index contributed by atoms with van der Waals surface area (Å²) in [6, 6.07) is 0. The Bertz CT molecular complexity index is 513. The summed E-state index contributed by atoms with van der Waals surface area (Å²) < 4.78 is 0. The van der Waals surface area contributed by atoms with E-state index in [0.717, 1.165) is 56.4 Å². The standard InChI is InChI=1S/C14H21N5O/c1-9(20)19-6-4-10(8-19)13-17-12-3-5-16-7-11(12)14(15-2)18-13/h10,16H,3-8H2,1-2H3,(H,15,17,18)/t10-/m0/s1. The molecule has 0 aliphatic carbocycles. The highest BCUT2D eigenvalue weighted by atomic mass is 16.2. The van der Waals surface area contributed by atoms with Crippen molar-refractivity contribution in [3.63, 3.8) is 0 Å². The van der Waals surface area contributed by atoms with Gasteiger partial charge in [-0.3, -0.25) is 4.79 Å². The van der Waals surface area contributed by atoms with Crippen LogP contribution in [0.15, 0.2) is 0 Å². The maximum absolute atomic E-state index is 11.4. The molecule has 20 heavy (non-hydrogen) atoms. The van der Waals surface area contributed by atoms with E-state index in [9.17, 15) is 4.79 Å². The Hall–Kier alpha value is -1.69. The Morgan fingerprint density at radius 1 is 1.45 bits per heavy atom. The molecule has 1 saturated heterocycles. The molecule has 3 rings (SSSR count). The fourth-order valence-electron chi connectivity index (χ4n) is 3.01. The van der Waals surface area contributed by atoms with Gasteiger partial charge in [0.1, 0.15) is 11.6 Å². The highest BCUT2D eigenvalue weighted by molar-refractivity contribution is 5.73. The first-order valence-electron chi connectivity index (χ1n) is 7.22. The first-order valence-corrected chi connectivity index (χ1v) is 7.22. The smallest absolute Gasteiger partial charge is 0.219 e. The second-order valence-electron chi connectivity index (χ2n) is 5.48. The quantitative estimate of drug-likeness (QED) is 0.822. The monoisotopic (exact) mass is 275 g/mol. The van der Waals surface area contributed by atoms with Crippen LogP contribution in [0.3, 0.4) is 0 Å². The molecule has 1 amide bonds. The first-order chi connectivity index (χ1) is 9.69. The fraction of sp³-hybridized carbons (Fsp3) is 0.643. The van der Waals surface area contributed by atoms with Crippen LogP contribution in [0.2, 0.25) is 0 Å². The van der Waals surface area contributed by atoms with E-state index in [2.05, 4.69) is 15.6 Å². The van der Waals surface area contributed by atoms with Crippen molar-refractivity contribution in [3.05, 3.63) is 17.1 Å². The van der Waals surface area contributed by atoms with Gasteiger partial charge in [0.05, 0.1) is 5.69 Å². The van der Waals surface area contributed by atoms with Crippen LogP contribution in [0.5, 0.6) is 0 Å². The molecule has 6 nitrogen and oxygen atoms in total. The lowest BCUT2D eigenvalue weighted by molar-refractivity contribution is -0.127. The molecule has 2 N–H and O–H groups in total. The SMILES string of the molecule is CNc1nc([C@H]2CCN(C(C)=O)C2)nc2c1CNCC2. The van der Waals surface area contributed by atoms with E-state index in [1.807, 2.05) is 11.9 Å². The topological polar surface area (TPSA) is 70.2 Å². The second-order valence-corrected chi connectivity index (χ2v) is 5.48. The number of anilines is 1. The molecule has 2 aliphatic heterocycles. The normalized spacial score (nSPS) is 21.7. The van der Waals surface area contributed by atoms with E-state index in [1.54, 1.807) is 6.92 Å². The Balaban J connectivity index is 1.89. The predicted molar refractivity (Wildman–Crippen MR) is 76.6 cm³/mol. The number of nitrogens with one attached hydrogen (secondary N) is 2. The van der Waals surface area contributed by atoms with E-state index in [-0.39, 0.29) is 11.8 Å². The second kappa shape index (κ2) is 5.36. The molecule has 0 saturated carbocycles. The highest BCUT2D eigenvalue weighted by Crippen LogP contribution is 2.28. The fourth-order valence-corrected chi connectivity index (χ4v) is 3.01. The van der Waals surface area contributed by atoms with Crippen molar-refractivity contribution in [1.82, 2.24) is 20.2 Å². The summed E-state index contributed by atoms with van der Waals surface area (Å²) in [6.07, 6.45) is 1.91. The van der Waals surface area contributed by atoms with Crippen LogP contribution in [0.1, 0.15) is 36.3 Å². The van der Waals surface area contributed by atoms with Gasteiger partial charge in [-0.25, -0.2) is 9.97 Å². The molecule has 0 unspecified atom stereocenters. The number of rotatable bonds is 2. The van der Waals surface area contributed by atoms with Crippen LogP contribution in [0.25, 0.3) is 0 Å². The molecule has 1 fully saturated rings. The average Bonchev–Trinajstić information content (AvgIpc) is 2.96. The summed E-state index contributed by atoms with van der Waals surface area (Å²) in [5.41, 5.74) is 2.34. The van der Waals surface area contributed by atoms with Crippen molar-refractivity contribution in [3.8, 4) is 0 Å². The van der Waals surface area contributed by atoms with E-state index >= 15 is 0 Å². The van der Waals surface area contributed by atoms with Gasteiger partial charge in [0.2, 0.25) is 5.91 Å². The Morgan fingerprint density at radius 2 is 2.30 bits per heavy atom. The minimum Gasteiger partial charge on any atom is -0.373 e. The largest absolute Gasteiger partial charge is 0.373 e. The third-order valence-corrected chi connectivity index (χ3v) is 4.19. The van der Waals surface area contributed by atoms with Crippen LogP contribution in [0.4, 0.5) is 5.82 Å². The zero-order chi connectivity index (χ0) is 14.1. The predicted octanol–water partition coefficient (Wildman–Crippen LogP) is 0.500. The summed E-state index contributed by atoms with van der Waals surface area (Å²) in [7, 11) is 1.90. The molecule has 0 aromatic carbocycles. The lowest BCUT2D eigenvalue weighted by atomic mass is 10.0. The molecule has 2 aliphatic rings. The maximum atomic E-state index is 11.4. The van der Waals surface area contributed by atoms with E-state index in [1.165, 1.54) is 5.56 Å². The molecule has 1 aromatic heterocycles. The number of hydrogen-bond donors (Lipinski definition) is 2. The minimum absolute atomic E-state index is 0.142. The Morgan fingerprint density at radius 3 is 3.00 bits per heavy atom. The van der Waals surface area contributed by atoms with Gasteiger partial charge in [-0.15, -0.1) is 0 Å². The summed E-state index contributed by atoms with van der Waals surface area (Å²) >= 11 is 0. The van der Waals surface area contributed by atoms with Crippen molar-refractivity contribution >= 4 is 11.7 Å². The zero-order valence-electron chi connectivity index (χ0n) is 12.1. The molecule has 6 heteroatoms. The van der Waals surface area contributed by atoms with Crippen LogP contribution in [0, 0.1) is 0 Å². The van der Waals surface area contributed by atoms with Crippen molar-refractivity contribution in [2.75, 3.05) is 32.0 Å². The van der Waals surface area contributed by atoms with Crippen molar-refractivity contribution in [2.45, 2.75) is 32.2 Å². The van der Waals surface area contributed by atoms with E-state index < -0.39 is 0 Å². The third-order valence-electron chi connectivity index (χ3n) is 4.19. The molecular weight excluding hydrogens is 254 g/mol. The van der Waals surface area contributed by atoms with Crippen molar-refractivity contribution in [2.24, 2.45) is 0 Å². The molecule has 0 bridgehead atoms. The number of amides is 1. The summed E-state index contributed by atoms with van der Waals surface area (Å²) in [4.78, 5) is 22.8. The zero-order valence-corrected chi connectivity index (χ0v) is 12.1. The number of hydrogen-bond acceptors (Lipinski definition) is 5. The maximum Gasteiger partial charge on any atom is 0.219 e. The highest BCUT2D eigenvalue weighted by Gasteiger charge is 2.29. The molecule has 0 spiro atoms. The lowest BCUT2D eigenvalue weighted by Gasteiger charge is -2.21. The van der Waals surface area contributed by atoms with Crippen LogP contribution < -0.4 is 10.6 Å². The Labute approximate surface area is 119 Å². The molecule has 1 atom stereocenters. The third kappa shape index (κ3) is 2.35. The van der Waals surface area contributed by atoms with Gasteiger partial charge in [-0.2, -0.15) is 0 Å². The van der Waals surface area contributed by atoms with Gasteiger partial charge >= 0.3 is 0 Å². The number of carbonyl (C=O) groups is 1. The number of nitrogens with zero attached hydrogens (tertiary/aromatic N) is 3. The van der Waals surface area contributed by atoms with Crippen LogP contribution >= 0.6 is 0 Å². The molecule has 3 heterocycles. The number of carbonyl (C=O) groups excluding carboxylic acids is 1. The number of fused-ring (bicyclic) bond motifs is 1. The van der Waals surface area contributed by atoms with Gasteiger partial charge in [0.15, 0.2) is 0 Å². The molecule has 108 valence electrons. The Kier molecular flexibility index (Phi) is 3.56. The van der Waals surface area contributed by atoms with Crippen molar-refractivity contribution < 1.29 is 4.79 Å². The number of likely N-dealkylation sites (tertiary alicyclic amines) is 1. The lowest BCUT2D eigenvalue weighted by Crippen LogP contribution is -2.28. The van der Waals surface area contributed by atoms with Crippen molar-refractivity contribution in [1.29, 1.82) is 0 Å². The van der Waals surface area contributed by atoms with E-state index in [4.69, 9.17) is 4.98 Å². The van der Waals surface area contributed by atoms with Gasteiger partial charge in [0.25, 0.3) is 0 Å². The van der Waals surface area contributed by atoms with Crippen LogP contribution in [-0.4, -0.2) is 47.5 Å². The van der Waals surface area contributed by atoms with Crippen LogP contribution in [-0.2, 0) is 17.8 Å². The van der Waals surface area contributed by atoms with Gasteiger partial charge in [-0.1, -0.05) is 0 Å². The summed E-state index contributed by atoms with van der Waals surface area (Å²) in [6.45, 7) is 4.99. The summed E-state index contributed by atoms with van der Waals surface area (Å²) in [5, 5.41) is 6.54. The van der Waals surface area contributed by atoms with E-state index in [0.29, 0.717) is 0 Å². The van der Waals surface area contributed by atoms with Gasteiger partial charge in [0, 0.05) is 58.1 Å². The molecule has 1 aromatic rings. The average molecular weight is 275 g/mol. The number of aromatic nitrogens is 2. The summed E-state index contributed by atoms with van der Waals surface area (Å²) in [5.74, 6) is 2.23. The van der Waals surface area contributed by atoms with Gasteiger partial charge in [-0.05, 0) is 6.42 Å². The first kappa shape index (κ1) is 13.3. The minimum atomic E-state index is 0.142. The van der Waals surface area contributed by atoms with Gasteiger partial charge < -0.3 is 15.5 Å². The molecular formula is C14H21N5O. The molecule has 0 radical (unpaired) electrons.